The van der Waals surface area contributed by atoms with E-state index in [0.29, 0.717) is 0 Å². The standard InChI is InChI=1S/C9H6NO3S2/c11-9-14-5-8(15-9)6-1-3-7(4-2-6)10(12)13/h1-5,12H/q-1. The van der Waals surface area contributed by atoms with Crippen molar-refractivity contribution in [3.05, 3.63) is 43.7 Å². The van der Waals surface area contributed by atoms with Crippen LogP contribution in [0.15, 0.2) is 34.4 Å². The molecule has 1 heterocycles. The molecule has 0 aliphatic rings. The average molecular weight is 240 g/mol. The molecule has 1 aromatic heterocycles. The zero-order valence-corrected chi connectivity index (χ0v) is 9.05. The molecule has 0 saturated heterocycles. The molecule has 6 heteroatoms. The molecule has 0 saturated carbocycles. The summed E-state index contributed by atoms with van der Waals surface area (Å²) in [6.07, 6.45) is 0. The van der Waals surface area contributed by atoms with Gasteiger partial charge in [0.1, 0.15) is 0 Å². The molecule has 1 aromatic carbocycles. The highest BCUT2D eigenvalue weighted by Crippen LogP contribution is 2.25. The van der Waals surface area contributed by atoms with Crippen molar-refractivity contribution in [1.29, 1.82) is 0 Å². The lowest BCUT2D eigenvalue weighted by molar-refractivity contribution is 0.296. The first-order valence-corrected chi connectivity index (χ1v) is 5.71. The Kier molecular flexibility index (Phi) is 2.83. The van der Waals surface area contributed by atoms with Gasteiger partial charge in [0.15, 0.2) is 0 Å². The molecule has 0 aliphatic heterocycles. The van der Waals surface area contributed by atoms with Crippen LogP contribution in [0.3, 0.4) is 0 Å². The summed E-state index contributed by atoms with van der Waals surface area (Å²) in [7, 11) is 0. The Morgan fingerprint density at radius 2 is 1.93 bits per heavy atom. The monoisotopic (exact) mass is 240 g/mol. The van der Waals surface area contributed by atoms with Gasteiger partial charge in [-0.3, -0.25) is 10.0 Å². The van der Waals surface area contributed by atoms with Gasteiger partial charge in [0, 0.05) is 10.3 Å². The largest absolute Gasteiger partial charge is 0.733 e. The number of nitrogens with zero attached hydrogens (tertiary/aromatic N) is 1. The Balaban J connectivity index is 2.35. The van der Waals surface area contributed by atoms with Crippen LogP contribution in [0.5, 0.6) is 0 Å². The second-order valence-electron chi connectivity index (χ2n) is 2.77. The molecule has 0 aliphatic carbocycles. The van der Waals surface area contributed by atoms with Crippen molar-refractivity contribution in [1.82, 2.24) is 0 Å². The Morgan fingerprint density at radius 3 is 2.40 bits per heavy atom. The lowest BCUT2D eigenvalue weighted by Gasteiger charge is -2.21. The van der Waals surface area contributed by atoms with E-state index in [1.807, 2.05) is 0 Å². The number of benzene rings is 1. The van der Waals surface area contributed by atoms with E-state index in [9.17, 15) is 10.0 Å². The zero-order chi connectivity index (χ0) is 10.8. The fraction of sp³-hybridized carbons (Fsp3) is 0. The summed E-state index contributed by atoms with van der Waals surface area (Å²) in [5.74, 6) is 0. The van der Waals surface area contributed by atoms with Crippen molar-refractivity contribution in [2.24, 2.45) is 0 Å². The van der Waals surface area contributed by atoms with Gasteiger partial charge in [-0.05, 0) is 17.7 Å². The van der Waals surface area contributed by atoms with Gasteiger partial charge in [0.25, 0.3) is 4.06 Å². The highest BCUT2D eigenvalue weighted by atomic mass is 32.2. The van der Waals surface area contributed by atoms with Gasteiger partial charge in [-0.2, -0.15) is 0 Å². The van der Waals surface area contributed by atoms with Gasteiger partial charge in [0.2, 0.25) is 0 Å². The second kappa shape index (κ2) is 4.11. The Labute approximate surface area is 93.2 Å². The van der Waals surface area contributed by atoms with Crippen molar-refractivity contribution in [2.75, 3.05) is 5.23 Å². The van der Waals surface area contributed by atoms with E-state index in [4.69, 9.17) is 5.21 Å². The fourth-order valence-corrected chi connectivity index (χ4v) is 2.84. The van der Waals surface area contributed by atoms with E-state index in [1.165, 1.54) is 12.1 Å². The molecule has 0 bridgehead atoms. The maximum atomic E-state index is 11.0. The number of hydrogen-bond acceptors (Lipinski definition) is 6. The minimum Gasteiger partial charge on any atom is -0.733 e. The van der Waals surface area contributed by atoms with Gasteiger partial charge in [-0.25, -0.2) is 0 Å². The molecular weight excluding hydrogens is 234 g/mol. The third kappa shape index (κ3) is 2.24. The van der Waals surface area contributed by atoms with Crippen LogP contribution >= 0.6 is 22.7 Å². The molecule has 1 N–H and O–H groups in total. The summed E-state index contributed by atoms with van der Waals surface area (Å²) in [4.78, 5) is 11.8. The SMILES string of the molecule is O=c1scc(-c2ccc(N([O-])O)cc2)s1. The topological polar surface area (TPSA) is 63.6 Å². The summed E-state index contributed by atoms with van der Waals surface area (Å²) >= 11 is 2.31. The van der Waals surface area contributed by atoms with Crippen LogP contribution in [-0.4, -0.2) is 5.21 Å². The molecule has 0 amide bonds. The Hall–Kier alpha value is -1.21. The molecule has 4 nitrogen and oxygen atoms in total. The van der Waals surface area contributed by atoms with Crippen molar-refractivity contribution in [2.45, 2.75) is 0 Å². The van der Waals surface area contributed by atoms with Crippen molar-refractivity contribution < 1.29 is 5.21 Å². The summed E-state index contributed by atoms with van der Waals surface area (Å²) in [6, 6.07) is 6.37. The molecule has 15 heavy (non-hydrogen) atoms. The normalized spacial score (nSPS) is 10.3. The smallest absolute Gasteiger partial charge is 0.287 e. The van der Waals surface area contributed by atoms with Gasteiger partial charge in [0.05, 0.1) is 5.69 Å². The molecule has 0 fully saturated rings. The zero-order valence-electron chi connectivity index (χ0n) is 7.41. The lowest BCUT2D eigenvalue weighted by Crippen LogP contribution is -2.06. The molecule has 0 atom stereocenters. The number of rotatable bonds is 2. The minimum absolute atomic E-state index is 0.0432. The summed E-state index contributed by atoms with van der Waals surface area (Å²) in [6.45, 7) is 0. The summed E-state index contributed by atoms with van der Waals surface area (Å²) < 4.78 is 0.0432. The summed E-state index contributed by atoms with van der Waals surface area (Å²) in [5, 5.41) is 20.7. The van der Waals surface area contributed by atoms with Crippen LogP contribution in [0, 0.1) is 5.21 Å². The number of anilines is 1. The average Bonchev–Trinajstić information content (AvgIpc) is 2.65. The van der Waals surface area contributed by atoms with Gasteiger partial charge in [-0.1, -0.05) is 34.8 Å². The lowest BCUT2D eigenvalue weighted by atomic mass is 10.2. The highest BCUT2D eigenvalue weighted by molar-refractivity contribution is 7.28. The third-order valence-corrected chi connectivity index (χ3v) is 3.80. The molecule has 0 unspecified atom stereocenters. The maximum absolute atomic E-state index is 11.0. The van der Waals surface area contributed by atoms with Crippen molar-refractivity contribution in [3.8, 4) is 10.4 Å². The molecular formula is C9H6NO3S2-. The van der Waals surface area contributed by atoms with E-state index in [1.54, 1.807) is 17.5 Å². The van der Waals surface area contributed by atoms with Gasteiger partial charge < -0.3 is 10.4 Å². The quantitative estimate of drug-likeness (QED) is 0.819. The van der Waals surface area contributed by atoms with Crippen molar-refractivity contribution >= 4 is 28.4 Å². The Morgan fingerprint density at radius 1 is 1.27 bits per heavy atom. The predicted molar refractivity (Wildman–Crippen MR) is 61.5 cm³/mol. The predicted octanol–water partition coefficient (Wildman–Crippen LogP) is 2.53. The highest BCUT2D eigenvalue weighted by Gasteiger charge is 2.01. The first-order chi connectivity index (χ1) is 7.16. The molecule has 2 aromatic rings. The van der Waals surface area contributed by atoms with Crippen LogP contribution in [0.25, 0.3) is 10.4 Å². The van der Waals surface area contributed by atoms with Gasteiger partial charge in [-0.15, -0.1) is 0 Å². The van der Waals surface area contributed by atoms with Crippen LogP contribution in [-0.2, 0) is 0 Å². The Bertz CT molecular complexity index is 501. The van der Waals surface area contributed by atoms with E-state index >= 15 is 0 Å². The van der Waals surface area contributed by atoms with Crippen LogP contribution in [0.4, 0.5) is 5.69 Å². The molecule has 0 radical (unpaired) electrons. The van der Waals surface area contributed by atoms with Gasteiger partial charge >= 0.3 is 0 Å². The summed E-state index contributed by atoms with van der Waals surface area (Å²) in [5.41, 5.74) is 1.03. The van der Waals surface area contributed by atoms with Crippen LogP contribution < -0.4 is 9.28 Å². The molecule has 78 valence electrons. The second-order valence-corrected chi connectivity index (χ2v) is 4.89. The van der Waals surface area contributed by atoms with Crippen LogP contribution in [0.1, 0.15) is 0 Å². The fourth-order valence-electron chi connectivity index (χ4n) is 1.12. The minimum atomic E-state index is -0.195. The van der Waals surface area contributed by atoms with E-state index in [-0.39, 0.29) is 15.0 Å². The molecule has 2 rings (SSSR count). The molecule has 0 spiro atoms. The van der Waals surface area contributed by atoms with Crippen molar-refractivity contribution in [3.63, 3.8) is 0 Å². The first-order valence-electron chi connectivity index (χ1n) is 4.02. The van der Waals surface area contributed by atoms with E-state index < -0.39 is 0 Å². The maximum Gasteiger partial charge on any atom is 0.287 e. The van der Waals surface area contributed by atoms with Crippen LogP contribution in [0.2, 0.25) is 0 Å². The third-order valence-electron chi connectivity index (χ3n) is 1.83. The number of hydrogen-bond donors (Lipinski definition) is 1. The van der Waals surface area contributed by atoms with E-state index in [0.717, 1.165) is 33.1 Å². The van der Waals surface area contributed by atoms with E-state index in [2.05, 4.69) is 0 Å². The first kappa shape index (κ1) is 10.3.